The molecule has 104 valence electrons. The Morgan fingerprint density at radius 3 is 2.63 bits per heavy atom. The predicted molar refractivity (Wildman–Crippen MR) is 76.4 cm³/mol. The normalized spacial score (nSPS) is 17.2. The average molecular weight is 261 g/mol. The van der Waals surface area contributed by atoms with Crippen LogP contribution in [-0.2, 0) is 4.79 Å². The van der Waals surface area contributed by atoms with E-state index in [1.807, 2.05) is 32.9 Å². The van der Waals surface area contributed by atoms with Gasteiger partial charge in [-0.15, -0.1) is 0 Å². The predicted octanol–water partition coefficient (Wildman–Crippen LogP) is 3.13. The molecule has 0 heterocycles. The van der Waals surface area contributed by atoms with Crippen LogP contribution in [0.2, 0.25) is 0 Å². The minimum Gasteiger partial charge on any atom is -0.481 e. The van der Waals surface area contributed by atoms with E-state index in [4.69, 9.17) is 4.74 Å². The van der Waals surface area contributed by atoms with E-state index < -0.39 is 6.10 Å². The lowest BCUT2D eigenvalue weighted by Gasteiger charge is -2.19. The zero-order valence-electron chi connectivity index (χ0n) is 12.0. The smallest absolute Gasteiger partial charge is 0.260 e. The van der Waals surface area contributed by atoms with Crippen molar-refractivity contribution in [2.75, 3.05) is 0 Å². The Kier molecular flexibility index (Phi) is 4.46. The molecule has 3 nitrogen and oxygen atoms in total. The maximum Gasteiger partial charge on any atom is 0.260 e. The van der Waals surface area contributed by atoms with E-state index in [9.17, 15) is 4.79 Å². The van der Waals surface area contributed by atoms with Crippen molar-refractivity contribution in [1.29, 1.82) is 0 Å². The van der Waals surface area contributed by atoms with Gasteiger partial charge in [0.25, 0.3) is 5.91 Å². The van der Waals surface area contributed by atoms with Gasteiger partial charge in [-0.2, -0.15) is 0 Å². The molecule has 0 saturated heterocycles. The largest absolute Gasteiger partial charge is 0.481 e. The van der Waals surface area contributed by atoms with Crippen LogP contribution in [0.15, 0.2) is 18.2 Å². The first-order valence-corrected chi connectivity index (χ1v) is 7.10. The zero-order valence-corrected chi connectivity index (χ0v) is 12.0. The summed E-state index contributed by atoms with van der Waals surface area (Å²) in [6, 6.07) is 6.35. The second-order valence-electron chi connectivity index (χ2n) is 5.52. The number of nitrogens with one attached hydrogen (secondary N) is 1. The highest BCUT2D eigenvalue weighted by Gasteiger charge is 2.21. The average Bonchev–Trinajstić information content (AvgIpc) is 2.85. The first kappa shape index (κ1) is 13.9. The van der Waals surface area contributed by atoms with Gasteiger partial charge in [0.05, 0.1) is 0 Å². The third-order valence-electron chi connectivity index (χ3n) is 3.70. The van der Waals surface area contributed by atoms with Crippen molar-refractivity contribution in [2.45, 2.75) is 58.6 Å². The van der Waals surface area contributed by atoms with Gasteiger partial charge in [0.15, 0.2) is 6.10 Å². The number of aryl methyl sites for hydroxylation is 2. The molecule has 1 saturated carbocycles. The number of benzene rings is 1. The van der Waals surface area contributed by atoms with Crippen LogP contribution in [0.4, 0.5) is 0 Å². The summed E-state index contributed by atoms with van der Waals surface area (Å²) in [5.74, 6) is 0.784. The fourth-order valence-electron chi connectivity index (χ4n) is 2.56. The van der Waals surface area contributed by atoms with Crippen molar-refractivity contribution in [3.63, 3.8) is 0 Å². The summed E-state index contributed by atoms with van der Waals surface area (Å²) in [5.41, 5.74) is 2.27. The minimum atomic E-state index is -0.443. The number of carbonyl (C=O) groups is 1. The van der Waals surface area contributed by atoms with E-state index in [1.165, 1.54) is 18.4 Å². The Balaban J connectivity index is 1.92. The van der Waals surface area contributed by atoms with E-state index >= 15 is 0 Å². The van der Waals surface area contributed by atoms with E-state index in [2.05, 4.69) is 11.4 Å². The molecule has 3 heteroatoms. The molecule has 19 heavy (non-hydrogen) atoms. The fraction of sp³-hybridized carbons (Fsp3) is 0.562. The summed E-state index contributed by atoms with van der Waals surface area (Å²) in [5, 5.41) is 3.07. The third kappa shape index (κ3) is 3.72. The van der Waals surface area contributed by atoms with Crippen LogP contribution < -0.4 is 10.1 Å². The molecule has 1 aromatic carbocycles. The summed E-state index contributed by atoms with van der Waals surface area (Å²) in [7, 11) is 0. The quantitative estimate of drug-likeness (QED) is 0.904. The molecular weight excluding hydrogens is 238 g/mol. The van der Waals surface area contributed by atoms with Crippen LogP contribution in [0.1, 0.15) is 43.7 Å². The molecular formula is C16H23NO2. The van der Waals surface area contributed by atoms with Crippen molar-refractivity contribution in [3.05, 3.63) is 29.3 Å². The van der Waals surface area contributed by atoms with Gasteiger partial charge in [0, 0.05) is 6.04 Å². The molecule has 1 N–H and O–H groups in total. The van der Waals surface area contributed by atoms with Crippen LogP contribution in [0, 0.1) is 13.8 Å². The number of carbonyl (C=O) groups excluding carboxylic acids is 1. The Bertz CT molecular complexity index is 450. The van der Waals surface area contributed by atoms with Crippen LogP contribution in [0.3, 0.4) is 0 Å². The number of amides is 1. The van der Waals surface area contributed by atoms with Crippen LogP contribution in [-0.4, -0.2) is 18.1 Å². The summed E-state index contributed by atoms with van der Waals surface area (Å²) < 4.78 is 5.76. The van der Waals surface area contributed by atoms with Gasteiger partial charge in [-0.1, -0.05) is 30.5 Å². The van der Waals surface area contributed by atoms with Crippen molar-refractivity contribution in [2.24, 2.45) is 0 Å². The summed E-state index contributed by atoms with van der Waals surface area (Å²) in [4.78, 5) is 12.0. The van der Waals surface area contributed by atoms with Gasteiger partial charge in [0.2, 0.25) is 0 Å². The molecule has 1 aliphatic rings. The molecule has 0 aliphatic heterocycles. The molecule has 0 unspecified atom stereocenters. The standard InChI is InChI=1S/C16H23NO2/c1-11-8-9-15(12(2)10-11)19-13(3)16(18)17-14-6-4-5-7-14/h8-10,13-14H,4-7H2,1-3H3,(H,17,18)/t13-/m1/s1. The summed E-state index contributed by atoms with van der Waals surface area (Å²) in [6.07, 6.45) is 4.19. The lowest BCUT2D eigenvalue weighted by Crippen LogP contribution is -2.41. The monoisotopic (exact) mass is 261 g/mol. The number of hydrogen-bond acceptors (Lipinski definition) is 2. The highest BCUT2D eigenvalue weighted by Crippen LogP contribution is 2.21. The third-order valence-corrected chi connectivity index (χ3v) is 3.70. The Hall–Kier alpha value is -1.51. The Morgan fingerprint density at radius 2 is 2.00 bits per heavy atom. The molecule has 0 aromatic heterocycles. The summed E-state index contributed by atoms with van der Waals surface area (Å²) in [6.45, 7) is 5.86. The van der Waals surface area contributed by atoms with E-state index in [-0.39, 0.29) is 5.91 Å². The molecule has 1 aliphatic carbocycles. The number of rotatable bonds is 4. The van der Waals surface area contributed by atoms with Gasteiger partial charge < -0.3 is 10.1 Å². The van der Waals surface area contributed by atoms with Crippen molar-refractivity contribution in [1.82, 2.24) is 5.32 Å². The van der Waals surface area contributed by atoms with Crippen LogP contribution in [0.5, 0.6) is 5.75 Å². The fourth-order valence-corrected chi connectivity index (χ4v) is 2.56. The topological polar surface area (TPSA) is 38.3 Å². The molecule has 1 atom stereocenters. The van der Waals surface area contributed by atoms with Crippen LogP contribution >= 0.6 is 0 Å². The second-order valence-corrected chi connectivity index (χ2v) is 5.52. The first-order valence-electron chi connectivity index (χ1n) is 7.10. The van der Waals surface area contributed by atoms with Gasteiger partial charge in [0.1, 0.15) is 5.75 Å². The highest BCUT2D eigenvalue weighted by molar-refractivity contribution is 5.81. The Morgan fingerprint density at radius 1 is 1.32 bits per heavy atom. The van der Waals surface area contributed by atoms with E-state index in [1.54, 1.807) is 0 Å². The van der Waals surface area contributed by atoms with Crippen molar-refractivity contribution in [3.8, 4) is 5.75 Å². The van der Waals surface area contributed by atoms with E-state index in [0.717, 1.165) is 24.2 Å². The van der Waals surface area contributed by atoms with Gasteiger partial charge in [-0.25, -0.2) is 0 Å². The van der Waals surface area contributed by atoms with Crippen LogP contribution in [0.25, 0.3) is 0 Å². The maximum absolute atomic E-state index is 12.0. The molecule has 1 aromatic rings. The maximum atomic E-state index is 12.0. The lowest BCUT2D eigenvalue weighted by atomic mass is 10.1. The number of ether oxygens (including phenoxy) is 1. The van der Waals surface area contributed by atoms with Crippen molar-refractivity contribution < 1.29 is 9.53 Å². The minimum absolute atomic E-state index is 0.00752. The molecule has 1 amide bonds. The molecule has 0 bridgehead atoms. The SMILES string of the molecule is Cc1ccc(O[C@H](C)C(=O)NC2CCCC2)c(C)c1. The van der Waals surface area contributed by atoms with Gasteiger partial charge in [-0.3, -0.25) is 4.79 Å². The molecule has 1 fully saturated rings. The van der Waals surface area contributed by atoms with Gasteiger partial charge in [-0.05, 0) is 45.2 Å². The van der Waals surface area contributed by atoms with Gasteiger partial charge >= 0.3 is 0 Å². The molecule has 2 rings (SSSR count). The first-order chi connectivity index (χ1) is 9.06. The highest BCUT2D eigenvalue weighted by atomic mass is 16.5. The lowest BCUT2D eigenvalue weighted by molar-refractivity contribution is -0.127. The molecule has 0 spiro atoms. The molecule has 0 radical (unpaired) electrons. The summed E-state index contributed by atoms with van der Waals surface area (Å²) >= 11 is 0. The number of hydrogen-bond donors (Lipinski definition) is 1. The second kappa shape index (κ2) is 6.09. The van der Waals surface area contributed by atoms with Crippen molar-refractivity contribution >= 4 is 5.91 Å². The Labute approximate surface area is 115 Å². The zero-order chi connectivity index (χ0) is 13.8. The van der Waals surface area contributed by atoms with E-state index in [0.29, 0.717) is 6.04 Å².